The zero-order chi connectivity index (χ0) is 22.8. The molecule has 12 heteroatoms. The number of rotatable bonds is 11. The molecule has 164 valence electrons. The molecule has 6 N–H and O–H groups in total. The van der Waals surface area contributed by atoms with Crippen molar-refractivity contribution in [2.24, 2.45) is 0 Å². The van der Waals surface area contributed by atoms with Crippen LogP contribution in [-0.2, 0) is 28.8 Å². The van der Waals surface area contributed by atoms with E-state index in [1.54, 1.807) is 20.8 Å². The molecule has 12 nitrogen and oxygen atoms in total. The minimum atomic E-state index is -1.43. The second-order valence-corrected chi connectivity index (χ2v) is 7.36. The van der Waals surface area contributed by atoms with Crippen LogP contribution in [0, 0.1) is 0 Å². The Morgan fingerprint density at radius 3 is 1.90 bits per heavy atom. The highest BCUT2D eigenvalue weighted by molar-refractivity contribution is 5.94. The molecule has 0 aromatic rings. The van der Waals surface area contributed by atoms with Gasteiger partial charge in [0.1, 0.15) is 12.1 Å². The van der Waals surface area contributed by atoms with Gasteiger partial charge in [-0.15, -0.1) is 0 Å². The van der Waals surface area contributed by atoms with Gasteiger partial charge in [-0.25, -0.2) is 0 Å². The third kappa shape index (κ3) is 12.8. The maximum absolute atomic E-state index is 12.5. The zero-order valence-electron chi connectivity index (χ0n) is 16.8. The van der Waals surface area contributed by atoms with Crippen molar-refractivity contribution in [3.63, 3.8) is 0 Å². The lowest BCUT2D eigenvalue weighted by molar-refractivity contribution is -0.141. The fraction of sp³-hybridized carbons (Fsp3) is 0.647. The number of carbonyl (C=O) groups is 6. The maximum atomic E-state index is 12.5. The summed E-state index contributed by atoms with van der Waals surface area (Å²) in [6.07, 6.45) is -1.47. The van der Waals surface area contributed by atoms with Crippen LogP contribution in [0.5, 0.6) is 0 Å². The standard InChI is InChI=1S/C17H28N4O8/c1-9(22)18-8-12(23)19-10(5-6-13(24)25)15(28)20-11(7-14(26)27)16(29)21-17(2,3)4/h10-11H,5-8H2,1-4H3,(H,18,22)(H,19,23)(H,20,28)(H,21,29)(H,24,25)(H,26,27)/t10-,11-/m0/s1. The van der Waals surface area contributed by atoms with Gasteiger partial charge in [-0.2, -0.15) is 0 Å². The van der Waals surface area contributed by atoms with Crippen molar-refractivity contribution < 1.29 is 39.0 Å². The number of hydrogen-bond donors (Lipinski definition) is 6. The van der Waals surface area contributed by atoms with Gasteiger partial charge < -0.3 is 31.5 Å². The van der Waals surface area contributed by atoms with Crippen LogP contribution in [0.3, 0.4) is 0 Å². The molecular weight excluding hydrogens is 388 g/mol. The molecule has 0 bridgehead atoms. The topological polar surface area (TPSA) is 191 Å². The molecule has 0 saturated heterocycles. The Morgan fingerprint density at radius 1 is 0.862 bits per heavy atom. The van der Waals surface area contributed by atoms with Gasteiger partial charge >= 0.3 is 11.9 Å². The quantitative estimate of drug-likeness (QED) is 0.231. The Hall–Kier alpha value is -3.18. The molecule has 0 spiro atoms. The fourth-order valence-electron chi connectivity index (χ4n) is 2.10. The molecule has 0 aromatic carbocycles. The summed E-state index contributed by atoms with van der Waals surface area (Å²) in [6.45, 7) is 5.76. The van der Waals surface area contributed by atoms with Gasteiger partial charge in [0.25, 0.3) is 0 Å². The molecule has 0 radical (unpaired) electrons. The first kappa shape index (κ1) is 25.8. The molecule has 0 heterocycles. The van der Waals surface area contributed by atoms with Crippen LogP contribution in [-0.4, -0.2) is 69.9 Å². The van der Waals surface area contributed by atoms with Crippen LogP contribution >= 0.6 is 0 Å². The van der Waals surface area contributed by atoms with Crippen LogP contribution in [0.25, 0.3) is 0 Å². The predicted molar refractivity (Wildman–Crippen MR) is 99.6 cm³/mol. The summed E-state index contributed by atoms with van der Waals surface area (Å²) < 4.78 is 0. The summed E-state index contributed by atoms with van der Waals surface area (Å²) in [7, 11) is 0. The van der Waals surface area contributed by atoms with Crippen LogP contribution in [0.1, 0.15) is 47.0 Å². The lowest BCUT2D eigenvalue weighted by Gasteiger charge is -2.26. The van der Waals surface area contributed by atoms with Gasteiger partial charge in [0, 0.05) is 18.9 Å². The van der Waals surface area contributed by atoms with Crippen LogP contribution < -0.4 is 21.3 Å². The summed E-state index contributed by atoms with van der Waals surface area (Å²) >= 11 is 0. The maximum Gasteiger partial charge on any atom is 0.305 e. The normalized spacial score (nSPS) is 12.8. The molecule has 0 aliphatic carbocycles. The molecule has 0 rings (SSSR count). The van der Waals surface area contributed by atoms with Gasteiger partial charge in [-0.3, -0.25) is 28.8 Å². The highest BCUT2D eigenvalue weighted by atomic mass is 16.4. The van der Waals surface area contributed by atoms with E-state index in [1.807, 2.05) is 0 Å². The highest BCUT2D eigenvalue weighted by Gasteiger charge is 2.30. The monoisotopic (exact) mass is 416 g/mol. The van der Waals surface area contributed by atoms with E-state index in [1.165, 1.54) is 6.92 Å². The van der Waals surface area contributed by atoms with Crippen molar-refractivity contribution in [2.45, 2.75) is 64.6 Å². The van der Waals surface area contributed by atoms with Crippen LogP contribution in [0.4, 0.5) is 0 Å². The van der Waals surface area contributed by atoms with Crippen molar-refractivity contribution in [3.05, 3.63) is 0 Å². The van der Waals surface area contributed by atoms with E-state index in [2.05, 4.69) is 21.3 Å². The highest BCUT2D eigenvalue weighted by Crippen LogP contribution is 2.04. The smallest absolute Gasteiger partial charge is 0.305 e. The fourth-order valence-corrected chi connectivity index (χ4v) is 2.10. The number of carbonyl (C=O) groups excluding carboxylic acids is 4. The van der Waals surface area contributed by atoms with E-state index in [0.29, 0.717) is 0 Å². The zero-order valence-corrected chi connectivity index (χ0v) is 16.8. The number of carboxylic acids is 2. The van der Waals surface area contributed by atoms with Gasteiger partial charge in [-0.05, 0) is 27.2 Å². The SMILES string of the molecule is CC(=O)NCC(=O)N[C@@H](CCC(=O)O)C(=O)N[C@@H](CC(=O)O)C(=O)NC(C)(C)C. The molecule has 0 aliphatic rings. The third-order valence-electron chi connectivity index (χ3n) is 3.31. The summed E-state index contributed by atoms with van der Waals surface area (Å²) in [5, 5.41) is 27.1. The third-order valence-corrected chi connectivity index (χ3v) is 3.31. The Bertz CT molecular complexity index is 656. The number of amides is 4. The molecule has 0 saturated carbocycles. The average molecular weight is 416 g/mol. The molecule has 0 aliphatic heterocycles. The Balaban J connectivity index is 5.29. The Labute approximate surface area is 167 Å². The molecule has 0 fully saturated rings. The molecule has 2 atom stereocenters. The second kappa shape index (κ2) is 11.6. The van der Waals surface area contributed by atoms with Crippen LogP contribution in [0.15, 0.2) is 0 Å². The van der Waals surface area contributed by atoms with Crippen molar-refractivity contribution in [1.82, 2.24) is 21.3 Å². The summed E-state index contributed by atoms with van der Waals surface area (Å²) in [5.41, 5.74) is -0.687. The van der Waals surface area contributed by atoms with Gasteiger partial charge in [0.2, 0.25) is 23.6 Å². The number of nitrogens with one attached hydrogen (secondary N) is 4. The minimum Gasteiger partial charge on any atom is -0.481 e. The number of carboxylic acid groups (broad SMARTS) is 2. The molecule has 0 unspecified atom stereocenters. The summed E-state index contributed by atoms with van der Waals surface area (Å²) in [6, 6.07) is -2.77. The number of hydrogen-bond acceptors (Lipinski definition) is 6. The van der Waals surface area contributed by atoms with Crippen molar-refractivity contribution in [2.75, 3.05) is 6.54 Å². The van der Waals surface area contributed by atoms with Crippen molar-refractivity contribution in [1.29, 1.82) is 0 Å². The Morgan fingerprint density at radius 2 is 1.45 bits per heavy atom. The van der Waals surface area contributed by atoms with E-state index >= 15 is 0 Å². The van der Waals surface area contributed by atoms with E-state index in [0.717, 1.165) is 0 Å². The Kier molecular flexibility index (Phi) is 10.3. The second-order valence-electron chi connectivity index (χ2n) is 7.36. The van der Waals surface area contributed by atoms with Crippen LogP contribution in [0.2, 0.25) is 0 Å². The molecule has 4 amide bonds. The average Bonchev–Trinajstić information content (AvgIpc) is 2.53. The minimum absolute atomic E-state index is 0.298. The van der Waals surface area contributed by atoms with Gasteiger partial charge in [0.15, 0.2) is 0 Å². The molecule has 0 aromatic heterocycles. The summed E-state index contributed by atoms with van der Waals surface area (Å²) in [4.78, 5) is 69.4. The van der Waals surface area contributed by atoms with E-state index in [4.69, 9.17) is 10.2 Å². The first-order valence-electron chi connectivity index (χ1n) is 8.81. The van der Waals surface area contributed by atoms with Crippen molar-refractivity contribution in [3.8, 4) is 0 Å². The first-order chi connectivity index (χ1) is 13.2. The van der Waals surface area contributed by atoms with Gasteiger partial charge in [0.05, 0.1) is 13.0 Å². The molecular formula is C17H28N4O8. The van der Waals surface area contributed by atoms with E-state index in [9.17, 15) is 28.8 Å². The lowest BCUT2D eigenvalue weighted by Crippen LogP contribution is -2.57. The summed E-state index contributed by atoms with van der Waals surface area (Å²) in [5.74, 6) is -5.44. The van der Waals surface area contributed by atoms with Gasteiger partial charge in [-0.1, -0.05) is 0 Å². The lowest BCUT2D eigenvalue weighted by atomic mass is 10.1. The van der Waals surface area contributed by atoms with E-state index in [-0.39, 0.29) is 6.42 Å². The largest absolute Gasteiger partial charge is 0.481 e. The molecule has 29 heavy (non-hydrogen) atoms. The van der Waals surface area contributed by atoms with E-state index < -0.39 is 72.6 Å². The predicted octanol–water partition coefficient (Wildman–Crippen LogP) is -1.65. The van der Waals surface area contributed by atoms with Crippen molar-refractivity contribution >= 4 is 35.6 Å². The first-order valence-corrected chi connectivity index (χ1v) is 8.81. The number of aliphatic carboxylic acids is 2.